The second-order valence-electron chi connectivity index (χ2n) is 2.72. The van der Waals surface area contributed by atoms with Crippen molar-refractivity contribution >= 4 is 0 Å². The van der Waals surface area contributed by atoms with Crippen molar-refractivity contribution in [2.45, 2.75) is 6.92 Å². The van der Waals surface area contributed by atoms with Gasteiger partial charge in [0.2, 0.25) is 5.82 Å². The van der Waals surface area contributed by atoms with Crippen molar-refractivity contribution in [3.63, 3.8) is 0 Å². The molecule has 14 heavy (non-hydrogen) atoms. The normalized spacial score (nSPS) is 10.1. The third kappa shape index (κ3) is 1.56. The van der Waals surface area contributed by atoms with Gasteiger partial charge in [-0.1, -0.05) is 0 Å². The van der Waals surface area contributed by atoms with E-state index in [-0.39, 0.29) is 0 Å². The van der Waals surface area contributed by atoms with Gasteiger partial charge in [-0.25, -0.2) is 15.0 Å². The Labute approximate surface area is 80.8 Å². The Morgan fingerprint density at radius 1 is 1.14 bits per heavy atom. The van der Waals surface area contributed by atoms with Crippen LogP contribution < -0.4 is 4.74 Å². The highest BCUT2D eigenvalue weighted by atomic mass is 16.5. The second-order valence-corrected chi connectivity index (χ2v) is 2.72. The van der Waals surface area contributed by atoms with E-state index in [2.05, 4.69) is 15.0 Å². The van der Waals surface area contributed by atoms with Gasteiger partial charge in [0.25, 0.3) is 5.89 Å². The van der Waals surface area contributed by atoms with E-state index in [1.54, 1.807) is 25.7 Å². The minimum Gasteiger partial charge on any atom is -0.494 e. The average molecular weight is 191 g/mol. The Bertz CT molecular complexity index is 422. The van der Waals surface area contributed by atoms with Crippen LogP contribution in [0, 0.1) is 6.92 Å². The molecule has 0 bridgehead atoms. The van der Waals surface area contributed by atoms with Crippen molar-refractivity contribution in [3.8, 4) is 17.5 Å². The number of hydrogen-bond donors (Lipinski definition) is 0. The fraction of sp³-hybridized carbons (Fsp3) is 0.222. The molecule has 0 amide bonds. The molecule has 0 atom stereocenters. The van der Waals surface area contributed by atoms with Gasteiger partial charge < -0.3 is 9.15 Å². The third-order valence-corrected chi connectivity index (χ3v) is 1.68. The van der Waals surface area contributed by atoms with E-state index >= 15 is 0 Å². The van der Waals surface area contributed by atoms with Crippen LogP contribution in [-0.4, -0.2) is 22.1 Å². The number of oxazole rings is 1. The molecule has 5 nitrogen and oxygen atoms in total. The molecule has 2 heterocycles. The van der Waals surface area contributed by atoms with Gasteiger partial charge in [0.1, 0.15) is 5.76 Å². The summed E-state index contributed by atoms with van der Waals surface area (Å²) in [4.78, 5) is 12.1. The minimum absolute atomic E-state index is 0.421. The van der Waals surface area contributed by atoms with Crippen LogP contribution >= 0.6 is 0 Å². The largest absolute Gasteiger partial charge is 0.494 e. The lowest BCUT2D eigenvalue weighted by Crippen LogP contribution is -1.90. The zero-order valence-corrected chi connectivity index (χ0v) is 7.89. The third-order valence-electron chi connectivity index (χ3n) is 1.68. The molecule has 0 N–H and O–H groups in total. The summed E-state index contributed by atoms with van der Waals surface area (Å²) in [7, 11) is 1.56. The lowest BCUT2D eigenvalue weighted by molar-refractivity contribution is 0.410. The molecule has 0 spiro atoms. The topological polar surface area (TPSA) is 61.0 Å². The second kappa shape index (κ2) is 3.45. The number of nitrogens with zero attached hydrogens (tertiary/aromatic N) is 3. The number of hydrogen-bond acceptors (Lipinski definition) is 5. The van der Waals surface area contributed by atoms with Crippen LogP contribution in [0.1, 0.15) is 5.76 Å². The van der Waals surface area contributed by atoms with E-state index in [1.165, 1.54) is 0 Å². The number of aryl methyl sites for hydroxylation is 1. The number of rotatable bonds is 2. The molecule has 2 aromatic heterocycles. The Balaban J connectivity index is 2.33. The van der Waals surface area contributed by atoms with Crippen LogP contribution in [0.4, 0.5) is 0 Å². The summed E-state index contributed by atoms with van der Waals surface area (Å²) in [5.74, 6) is 2.22. The van der Waals surface area contributed by atoms with E-state index in [0.29, 0.717) is 17.5 Å². The zero-order valence-electron chi connectivity index (χ0n) is 7.89. The number of ether oxygens (including phenoxy) is 1. The molecule has 0 fully saturated rings. The molecule has 2 rings (SSSR count). The Morgan fingerprint density at radius 2 is 1.86 bits per heavy atom. The summed E-state index contributed by atoms with van der Waals surface area (Å²) in [6, 6.07) is 0. The standard InChI is InChI=1S/C9H9N3O2/c1-6-3-12-9(14-6)8-10-4-7(13-2)5-11-8/h3-5H,1-2H3. The monoisotopic (exact) mass is 191 g/mol. The van der Waals surface area contributed by atoms with Crippen LogP contribution in [0.15, 0.2) is 23.0 Å². The van der Waals surface area contributed by atoms with E-state index in [0.717, 1.165) is 5.76 Å². The van der Waals surface area contributed by atoms with Crippen molar-refractivity contribution in [2.24, 2.45) is 0 Å². The molecule has 0 saturated carbocycles. The predicted molar refractivity (Wildman–Crippen MR) is 48.8 cm³/mol. The Morgan fingerprint density at radius 3 is 2.36 bits per heavy atom. The minimum atomic E-state index is 0.421. The Hall–Kier alpha value is -1.91. The fourth-order valence-electron chi connectivity index (χ4n) is 0.990. The first-order valence-electron chi connectivity index (χ1n) is 4.08. The van der Waals surface area contributed by atoms with Crippen molar-refractivity contribution in [1.29, 1.82) is 0 Å². The van der Waals surface area contributed by atoms with E-state index in [9.17, 15) is 0 Å². The summed E-state index contributed by atoms with van der Waals surface area (Å²) < 4.78 is 10.2. The molecule has 0 radical (unpaired) electrons. The molecule has 0 aliphatic carbocycles. The SMILES string of the molecule is COc1cnc(-c2ncc(C)o2)nc1. The maximum atomic E-state index is 5.27. The maximum absolute atomic E-state index is 5.27. The first kappa shape index (κ1) is 8.68. The summed E-state index contributed by atoms with van der Waals surface area (Å²) >= 11 is 0. The molecule has 0 aromatic carbocycles. The zero-order chi connectivity index (χ0) is 9.97. The average Bonchev–Trinajstić information content (AvgIpc) is 2.65. The molecule has 0 aliphatic heterocycles. The van der Waals surface area contributed by atoms with Crippen molar-refractivity contribution in [2.75, 3.05) is 7.11 Å². The highest BCUT2D eigenvalue weighted by molar-refractivity contribution is 5.40. The molecular formula is C9H9N3O2. The fourth-order valence-corrected chi connectivity index (χ4v) is 0.990. The van der Waals surface area contributed by atoms with Gasteiger partial charge in [0, 0.05) is 0 Å². The summed E-state index contributed by atoms with van der Waals surface area (Å²) in [6.07, 6.45) is 4.77. The highest BCUT2D eigenvalue weighted by Gasteiger charge is 2.07. The van der Waals surface area contributed by atoms with Gasteiger partial charge in [0.15, 0.2) is 5.75 Å². The molecule has 72 valence electrons. The molecule has 5 heteroatoms. The van der Waals surface area contributed by atoms with Crippen LogP contribution in [0.5, 0.6) is 5.75 Å². The lowest BCUT2D eigenvalue weighted by Gasteiger charge is -1.97. The number of methoxy groups -OCH3 is 1. The van der Waals surface area contributed by atoms with E-state index in [1.807, 2.05) is 6.92 Å². The van der Waals surface area contributed by atoms with Gasteiger partial charge in [-0.15, -0.1) is 0 Å². The van der Waals surface area contributed by atoms with Gasteiger partial charge >= 0.3 is 0 Å². The first-order chi connectivity index (χ1) is 6.79. The Kier molecular flexibility index (Phi) is 2.14. The first-order valence-corrected chi connectivity index (χ1v) is 4.08. The molecule has 0 saturated heterocycles. The van der Waals surface area contributed by atoms with E-state index < -0.39 is 0 Å². The van der Waals surface area contributed by atoms with Crippen molar-refractivity contribution in [1.82, 2.24) is 15.0 Å². The van der Waals surface area contributed by atoms with Crippen LogP contribution in [-0.2, 0) is 0 Å². The summed E-state index contributed by atoms with van der Waals surface area (Å²) in [6.45, 7) is 1.82. The van der Waals surface area contributed by atoms with Crippen LogP contribution in [0.25, 0.3) is 11.7 Å². The van der Waals surface area contributed by atoms with Gasteiger partial charge in [0.05, 0.1) is 25.7 Å². The molecule has 0 aliphatic rings. The van der Waals surface area contributed by atoms with Crippen molar-refractivity contribution in [3.05, 3.63) is 24.4 Å². The number of aromatic nitrogens is 3. The van der Waals surface area contributed by atoms with Crippen molar-refractivity contribution < 1.29 is 9.15 Å². The predicted octanol–water partition coefficient (Wildman–Crippen LogP) is 1.45. The maximum Gasteiger partial charge on any atom is 0.265 e. The lowest BCUT2D eigenvalue weighted by atomic mass is 10.5. The molecule has 0 unspecified atom stereocenters. The quantitative estimate of drug-likeness (QED) is 0.718. The highest BCUT2D eigenvalue weighted by Crippen LogP contribution is 2.15. The summed E-state index contributed by atoms with van der Waals surface area (Å²) in [5.41, 5.74) is 0. The van der Waals surface area contributed by atoms with Gasteiger partial charge in [-0.3, -0.25) is 0 Å². The van der Waals surface area contributed by atoms with E-state index in [4.69, 9.17) is 9.15 Å². The molecule has 2 aromatic rings. The van der Waals surface area contributed by atoms with Crippen LogP contribution in [0.3, 0.4) is 0 Å². The van der Waals surface area contributed by atoms with Crippen LogP contribution in [0.2, 0.25) is 0 Å². The smallest absolute Gasteiger partial charge is 0.265 e. The molecular weight excluding hydrogens is 182 g/mol. The summed E-state index contributed by atoms with van der Waals surface area (Å²) in [5, 5.41) is 0. The van der Waals surface area contributed by atoms with Gasteiger partial charge in [-0.2, -0.15) is 0 Å². The van der Waals surface area contributed by atoms with Gasteiger partial charge in [-0.05, 0) is 6.92 Å².